The van der Waals surface area contributed by atoms with Crippen LogP contribution < -0.4 is 0 Å². The Labute approximate surface area is 223 Å². The summed E-state index contributed by atoms with van der Waals surface area (Å²) < 4.78 is 17.9. The molecule has 0 radical (unpaired) electrons. The molecule has 208 valence electrons. The summed E-state index contributed by atoms with van der Waals surface area (Å²) in [6.07, 6.45) is 4.63. The number of esters is 2. The lowest BCUT2D eigenvalue weighted by molar-refractivity contribution is -0.256. The normalized spacial score (nSPS) is 51.8. The zero-order valence-corrected chi connectivity index (χ0v) is 23.2. The van der Waals surface area contributed by atoms with Crippen LogP contribution in [0.2, 0.25) is 0 Å². The van der Waals surface area contributed by atoms with E-state index in [0.717, 1.165) is 5.57 Å². The second-order valence-corrected chi connectivity index (χ2v) is 13.4. The van der Waals surface area contributed by atoms with E-state index in [1.54, 1.807) is 13.0 Å². The van der Waals surface area contributed by atoms with Crippen molar-refractivity contribution in [2.75, 3.05) is 0 Å². The number of aliphatic hydroxyl groups is 2. The van der Waals surface area contributed by atoms with Crippen LogP contribution in [0.4, 0.5) is 0 Å². The van der Waals surface area contributed by atoms with Gasteiger partial charge in [0.15, 0.2) is 5.78 Å². The van der Waals surface area contributed by atoms with E-state index in [2.05, 4.69) is 0 Å². The number of fused-ring (bicyclic) bond motifs is 4. The highest BCUT2D eigenvalue weighted by atomic mass is 16.6. The predicted molar refractivity (Wildman–Crippen MR) is 136 cm³/mol. The number of allylic oxidation sites excluding steroid dienone is 1. The molecule has 0 bridgehead atoms. The molecule has 2 unspecified atom stereocenters. The number of ether oxygens (including phenoxy) is 3. The van der Waals surface area contributed by atoms with Gasteiger partial charge in [-0.1, -0.05) is 25.5 Å². The summed E-state index contributed by atoms with van der Waals surface area (Å²) in [5.74, 6) is -2.03. The lowest BCUT2D eigenvalue weighted by Crippen LogP contribution is -2.71. The monoisotopic (exact) mass is 528 g/mol. The number of rotatable bonds is 3. The summed E-state index contributed by atoms with van der Waals surface area (Å²) in [5.41, 5.74) is -3.98. The Morgan fingerprint density at radius 2 is 1.89 bits per heavy atom. The van der Waals surface area contributed by atoms with Crippen molar-refractivity contribution < 1.29 is 38.8 Å². The van der Waals surface area contributed by atoms with Gasteiger partial charge in [-0.15, -0.1) is 0 Å². The molecule has 2 heterocycles. The Morgan fingerprint density at radius 1 is 1.18 bits per heavy atom. The smallest absolute Gasteiger partial charge is 0.333 e. The average Bonchev–Trinajstić information content (AvgIpc) is 3.53. The van der Waals surface area contributed by atoms with E-state index in [1.807, 2.05) is 33.8 Å². The van der Waals surface area contributed by atoms with Gasteiger partial charge in [0.25, 0.3) is 0 Å². The number of cyclic esters (lactones) is 1. The minimum atomic E-state index is -1.59. The van der Waals surface area contributed by atoms with Crippen LogP contribution >= 0.6 is 0 Å². The topological polar surface area (TPSA) is 123 Å². The van der Waals surface area contributed by atoms with E-state index in [-0.39, 0.29) is 30.2 Å². The number of hydrogen-bond acceptors (Lipinski definition) is 8. The van der Waals surface area contributed by atoms with Gasteiger partial charge in [0.1, 0.15) is 23.4 Å². The standard InChI is InChI=1S/C30H40O8/c1-15-12-21(37-25(33)16(15)2)17(3)28(34)14-24(36-18(4)31)30(35)20-13-23-29(38-23)10-7-8-22(32)27(29,6)19(20)9-11-26(28,30)5/h7-8,17,19-21,23-24,34-35H,9-14H2,1-6H3/t17-,19?,20?,21-,23-,24+,26-,27+,28-,29-,30-/m1/s1. The van der Waals surface area contributed by atoms with Crippen molar-refractivity contribution >= 4 is 17.7 Å². The van der Waals surface area contributed by atoms with E-state index >= 15 is 0 Å². The zero-order chi connectivity index (χ0) is 27.6. The predicted octanol–water partition coefficient (Wildman–Crippen LogP) is 3.18. The van der Waals surface area contributed by atoms with Gasteiger partial charge >= 0.3 is 11.9 Å². The minimum Gasteiger partial charge on any atom is -0.459 e. The fraction of sp³-hybridized carbons (Fsp3) is 0.767. The van der Waals surface area contributed by atoms with Crippen LogP contribution in [0.15, 0.2) is 23.3 Å². The maximum absolute atomic E-state index is 13.5. The van der Waals surface area contributed by atoms with Gasteiger partial charge in [0, 0.05) is 36.7 Å². The molecule has 6 rings (SSSR count). The SMILES string of the molecule is CC(=O)O[C@H]1C[C@@](O)([C@H](C)[C@H]2CC(C)=C(C)C(=O)O2)[C@@]2(C)CCC3C(C[C@H]4O[C@]45CC=CC(=O)[C@]35C)[C@@]12O. The zero-order valence-electron chi connectivity index (χ0n) is 23.2. The molecule has 2 aliphatic heterocycles. The molecule has 0 aromatic carbocycles. The summed E-state index contributed by atoms with van der Waals surface area (Å²) in [7, 11) is 0. The lowest BCUT2D eigenvalue weighted by atomic mass is 9.42. The summed E-state index contributed by atoms with van der Waals surface area (Å²) >= 11 is 0. The first-order chi connectivity index (χ1) is 17.7. The minimum absolute atomic E-state index is 0.0190. The number of carbonyl (C=O) groups excluding carboxylic acids is 3. The Bertz CT molecular complexity index is 1190. The maximum Gasteiger partial charge on any atom is 0.333 e. The summed E-state index contributed by atoms with van der Waals surface area (Å²) in [5, 5.41) is 25.5. The third kappa shape index (κ3) is 2.84. The van der Waals surface area contributed by atoms with Gasteiger partial charge in [-0.3, -0.25) is 9.59 Å². The van der Waals surface area contributed by atoms with Crippen LogP contribution in [0.1, 0.15) is 80.1 Å². The van der Waals surface area contributed by atoms with Crippen molar-refractivity contribution in [1.29, 1.82) is 0 Å². The molecule has 4 aliphatic carbocycles. The van der Waals surface area contributed by atoms with Crippen molar-refractivity contribution in [3.8, 4) is 0 Å². The van der Waals surface area contributed by atoms with Gasteiger partial charge in [-0.05, 0) is 64.4 Å². The fourth-order valence-corrected chi connectivity index (χ4v) is 9.68. The van der Waals surface area contributed by atoms with E-state index in [1.165, 1.54) is 6.92 Å². The van der Waals surface area contributed by atoms with Crippen LogP contribution in [-0.2, 0) is 28.6 Å². The second kappa shape index (κ2) is 7.79. The van der Waals surface area contributed by atoms with Crippen LogP contribution in [0.3, 0.4) is 0 Å². The molecule has 38 heavy (non-hydrogen) atoms. The molecular weight excluding hydrogens is 488 g/mol. The van der Waals surface area contributed by atoms with Crippen molar-refractivity contribution in [3.05, 3.63) is 23.3 Å². The molecule has 1 saturated heterocycles. The molecule has 8 heteroatoms. The fourth-order valence-electron chi connectivity index (χ4n) is 9.68. The van der Waals surface area contributed by atoms with E-state index in [4.69, 9.17) is 14.2 Å². The van der Waals surface area contributed by atoms with Gasteiger partial charge in [-0.2, -0.15) is 0 Å². The highest BCUT2D eigenvalue weighted by molar-refractivity contribution is 5.97. The molecule has 11 atom stereocenters. The van der Waals surface area contributed by atoms with E-state index < -0.39 is 57.6 Å². The number of ketones is 1. The largest absolute Gasteiger partial charge is 0.459 e. The average molecular weight is 529 g/mol. The second-order valence-electron chi connectivity index (χ2n) is 13.4. The van der Waals surface area contributed by atoms with Crippen molar-refractivity contribution in [2.45, 2.75) is 115 Å². The van der Waals surface area contributed by atoms with Crippen molar-refractivity contribution in [1.82, 2.24) is 0 Å². The highest BCUT2D eigenvalue weighted by Crippen LogP contribution is 2.75. The maximum atomic E-state index is 13.5. The molecule has 8 nitrogen and oxygen atoms in total. The molecular formula is C30H40O8. The first-order valence-electron chi connectivity index (χ1n) is 14.1. The Morgan fingerprint density at radius 3 is 2.55 bits per heavy atom. The first kappa shape index (κ1) is 26.2. The molecule has 1 spiro atoms. The van der Waals surface area contributed by atoms with Gasteiger partial charge in [0.2, 0.25) is 0 Å². The van der Waals surface area contributed by atoms with Crippen LogP contribution in [0, 0.1) is 28.6 Å². The van der Waals surface area contributed by atoms with Crippen LogP contribution in [-0.4, -0.2) is 63.0 Å². The lowest BCUT2D eigenvalue weighted by Gasteiger charge is -2.62. The summed E-state index contributed by atoms with van der Waals surface area (Å²) in [4.78, 5) is 38.4. The summed E-state index contributed by atoms with van der Waals surface area (Å²) in [6, 6.07) is 0. The third-order valence-corrected chi connectivity index (χ3v) is 12.3. The van der Waals surface area contributed by atoms with E-state index in [0.29, 0.717) is 37.7 Å². The first-order valence-corrected chi connectivity index (χ1v) is 14.1. The van der Waals surface area contributed by atoms with Gasteiger partial charge in [0.05, 0.1) is 17.1 Å². The summed E-state index contributed by atoms with van der Waals surface area (Å²) in [6.45, 7) is 10.7. The van der Waals surface area contributed by atoms with Crippen molar-refractivity contribution in [2.24, 2.45) is 28.6 Å². The van der Waals surface area contributed by atoms with Crippen LogP contribution in [0.5, 0.6) is 0 Å². The number of hydrogen-bond donors (Lipinski definition) is 2. The molecule has 0 aromatic rings. The molecule has 2 N–H and O–H groups in total. The van der Waals surface area contributed by atoms with Crippen LogP contribution in [0.25, 0.3) is 0 Å². The molecule has 4 fully saturated rings. The van der Waals surface area contributed by atoms with Gasteiger partial charge in [-0.25, -0.2) is 4.79 Å². The Hall–Kier alpha value is -2.03. The number of carbonyl (C=O) groups is 3. The Kier molecular flexibility index (Phi) is 5.37. The highest BCUT2D eigenvalue weighted by Gasteiger charge is 2.83. The quantitative estimate of drug-likeness (QED) is 0.423. The third-order valence-electron chi connectivity index (χ3n) is 12.3. The Balaban J connectivity index is 1.43. The molecule has 3 saturated carbocycles. The molecule has 6 aliphatic rings. The van der Waals surface area contributed by atoms with Gasteiger partial charge < -0.3 is 24.4 Å². The van der Waals surface area contributed by atoms with E-state index in [9.17, 15) is 24.6 Å². The number of epoxide rings is 1. The molecule has 0 aromatic heterocycles. The van der Waals surface area contributed by atoms with Crippen molar-refractivity contribution in [3.63, 3.8) is 0 Å². The molecule has 0 amide bonds.